The Morgan fingerprint density at radius 2 is 0.745 bits per heavy atom. The third-order valence-electron chi connectivity index (χ3n) is 11.5. The van der Waals surface area contributed by atoms with E-state index in [9.17, 15) is 0 Å². The Labute approximate surface area is 316 Å². The normalized spacial score (nSPS) is 12.0. The van der Waals surface area contributed by atoms with Crippen molar-refractivity contribution in [2.24, 2.45) is 0 Å². The molecule has 0 atom stereocenters. The lowest BCUT2D eigenvalue weighted by Crippen LogP contribution is -1.94. The molecule has 3 heterocycles. The summed E-state index contributed by atoms with van der Waals surface area (Å²) >= 11 is 0. The zero-order chi connectivity index (χ0) is 36.0. The standard InChI is InChI=1S/C52H32N2O/c1-5-13-47-41(9-1)42-10-2-6-14-48(42)53(47)39-25-21-33(22-26-39)35-17-19-38-32-36(18-20-37(38)31-35)34-23-27-40(28-24-34)54-49-15-7-3-11-43(49)45-29-30-46-44-12-4-8-16-50(44)55-52(46)51(45)54/h1-32H. The highest BCUT2D eigenvalue weighted by Crippen LogP contribution is 2.41. The van der Waals surface area contributed by atoms with Crippen molar-refractivity contribution in [3.8, 4) is 33.6 Å². The Kier molecular flexibility index (Phi) is 6.34. The van der Waals surface area contributed by atoms with E-state index in [2.05, 4.69) is 197 Å². The van der Waals surface area contributed by atoms with Crippen molar-refractivity contribution in [1.29, 1.82) is 0 Å². The molecule has 0 N–H and O–H groups in total. The minimum Gasteiger partial charge on any atom is -0.454 e. The first kappa shape index (κ1) is 30.1. The van der Waals surface area contributed by atoms with Crippen LogP contribution in [0.25, 0.3) is 110 Å². The van der Waals surface area contributed by atoms with Gasteiger partial charge in [-0.05, 0) is 99.8 Å². The number of furan rings is 1. The summed E-state index contributed by atoms with van der Waals surface area (Å²) in [5.74, 6) is 0. The predicted molar refractivity (Wildman–Crippen MR) is 231 cm³/mol. The highest BCUT2D eigenvalue weighted by Gasteiger charge is 2.19. The fourth-order valence-corrected chi connectivity index (χ4v) is 8.91. The van der Waals surface area contributed by atoms with Gasteiger partial charge in [0.2, 0.25) is 0 Å². The predicted octanol–water partition coefficient (Wildman–Crippen LogP) is 14.3. The minimum absolute atomic E-state index is 0.911. The lowest BCUT2D eigenvalue weighted by molar-refractivity contribution is 0.671. The van der Waals surface area contributed by atoms with Gasteiger partial charge >= 0.3 is 0 Å². The van der Waals surface area contributed by atoms with E-state index >= 15 is 0 Å². The van der Waals surface area contributed by atoms with Crippen molar-refractivity contribution >= 4 is 76.3 Å². The summed E-state index contributed by atoms with van der Waals surface area (Å²) in [5.41, 5.74) is 13.6. The van der Waals surface area contributed by atoms with Gasteiger partial charge in [-0.25, -0.2) is 0 Å². The summed E-state index contributed by atoms with van der Waals surface area (Å²) in [7, 11) is 0. The molecule has 3 aromatic heterocycles. The fourth-order valence-electron chi connectivity index (χ4n) is 8.91. The number of hydrogen-bond donors (Lipinski definition) is 0. The topological polar surface area (TPSA) is 23.0 Å². The maximum Gasteiger partial charge on any atom is 0.160 e. The van der Waals surface area contributed by atoms with Gasteiger partial charge in [0.1, 0.15) is 5.58 Å². The number of para-hydroxylation sites is 4. The second kappa shape index (κ2) is 11.6. The Balaban J connectivity index is 0.886. The molecule has 3 nitrogen and oxygen atoms in total. The van der Waals surface area contributed by atoms with E-state index in [-0.39, 0.29) is 0 Å². The molecule has 3 heteroatoms. The molecule has 0 fully saturated rings. The van der Waals surface area contributed by atoms with E-state index in [1.54, 1.807) is 0 Å². The van der Waals surface area contributed by atoms with Crippen LogP contribution in [0.5, 0.6) is 0 Å². The summed E-state index contributed by atoms with van der Waals surface area (Å²) in [5, 5.41) is 9.70. The number of benzene rings is 9. The van der Waals surface area contributed by atoms with Crippen LogP contribution < -0.4 is 0 Å². The van der Waals surface area contributed by atoms with E-state index in [0.29, 0.717) is 0 Å². The molecule has 0 spiro atoms. The van der Waals surface area contributed by atoms with E-state index < -0.39 is 0 Å². The summed E-state index contributed by atoms with van der Waals surface area (Å²) in [4.78, 5) is 0. The van der Waals surface area contributed by atoms with Crippen LogP contribution in [-0.4, -0.2) is 9.13 Å². The first-order chi connectivity index (χ1) is 27.3. The maximum absolute atomic E-state index is 6.55. The quantitative estimate of drug-likeness (QED) is 0.179. The highest BCUT2D eigenvalue weighted by molar-refractivity contribution is 6.21. The Morgan fingerprint density at radius 3 is 1.33 bits per heavy atom. The van der Waals surface area contributed by atoms with Crippen LogP contribution in [0.1, 0.15) is 0 Å². The minimum atomic E-state index is 0.911. The van der Waals surface area contributed by atoms with E-state index in [0.717, 1.165) is 33.1 Å². The van der Waals surface area contributed by atoms with Gasteiger partial charge in [0.25, 0.3) is 0 Å². The Morgan fingerprint density at radius 1 is 0.309 bits per heavy atom. The summed E-state index contributed by atoms with van der Waals surface area (Å²) in [6, 6.07) is 70.2. The molecule has 0 bridgehead atoms. The lowest BCUT2D eigenvalue weighted by atomic mass is 9.97. The molecular formula is C52H32N2O. The molecule has 0 radical (unpaired) electrons. The van der Waals surface area contributed by atoms with Gasteiger partial charge < -0.3 is 13.6 Å². The molecule has 0 saturated carbocycles. The van der Waals surface area contributed by atoms with Gasteiger partial charge in [0.15, 0.2) is 5.58 Å². The van der Waals surface area contributed by atoms with Gasteiger partial charge in [-0.2, -0.15) is 0 Å². The third-order valence-corrected chi connectivity index (χ3v) is 11.5. The van der Waals surface area contributed by atoms with Gasteiger partial charge in [0, 0.05) is 43.7 Å². The SMILES string of the molecule is c1ccc2c(c1)oc1c2ccc2c3ccccc3n(-c3ccc(-c4ccc5cc(-c6ccc(-n7c8ccccc8c8ccccc87)cc6)ccc5c4)cc3)c21. The summed E-state index contributed by atoms with van der Waals surface area (Å²) < 4.78 is 11.3. The van der Waals surface area contributed by atoms with Crippen molar-refractivity contribution in [2.45, 2.75) is 0 Å². The van der Waals surface area contributed by atoms with Gasteiger partial charge in [-0.15, -0.1) is 0 Å². The second-order valence-corrected chi connectivity index (χ2v) is 14.5. The lowest BCUT2D eigenvalue weighted by Gasteiger charge is -2.11. The number of hydrogen-bond acceptors (Lipinski definition) is 1. The molecule has 12 rings (SSSR count). The molecule has 256 valence electrons. The van der Waals surface area contributed by atoms with Crippen molar-refractivity contribution < 1.29 is 4.42 Å². The Bertz CT molecular complexity index is 3420. The zero-order valence-corrected chi connectivity index (χ0v) is 29.8. The third kappa shape index (κ3) is 4.50. The van der Waals surface area contributed by atoms with Crippen molar-refractivity contribution in [2.75, 3.05) is 0 Å². The number of fused-ring (bicyclic) bond motifs is 11. The molecule has 0 aliphatic carbocycles. The van der Waals surface area contributed by atoms with Crippen molar-refractivity contribution in [1.82, 2.24) is 9.13 Å². The number of rotatable bonds is 4. The van der Waals surface area contributed by atoms with Crippen LogP contribution in [-0.2, 0) is 0 Å². The van der Waals surface area contributed by atoms with Gasteiger partial charge in [-0.1, -0.05) is 127 Å². The first-order valence-corrected chi connectivity index (χ1v) is 18.8. The molecule has 55 heavy (non-hydrogen) atoms. The monoisotopic (exact) mass is 700 g/mol. The van der Waals surface area contributed by atoms with Crippen LogP contribution >= 0.6 is 0 Å². The molecule has 0 saturated heterocycles. The van der Waals surface area contributed by atoms with Gasteiger partial charge in [0.05, 0.1) is 22.1 Å². The molecular weight excluding hydrogens is 669 g/mol. The summed E-state index contributed by atoms with van der Waals surface area (Å²) in [6.07, 6.45) is 0. The van der Waals surface area contributed by atoms with Crippen LogP contribution in [0.4, 0.5) is 0 Å². The first-order valence-electron chi connectivity index (χ1n) is 18.8. The average molecular weight is 701 g/mol. The molecule has 0 aliphatic rings. The smallest absolute Gasteiger partial charge is 0.160 e. The van der Waals surface area contributed by atoms with E-state index in [4.69, 9.17) is 4.42 Å². The fraction of sp³-hybridized carbons (Fsp3) is 0. The highest BCUT2D eigenvalue weighted by atomic mass is 16.3. The van der Waals surface area contributed by atoms with Crippen molar-refractivity contribution in [3.05, 3.63) is 194 Å². The average Bonchev–Trinajstić information content (AvgIpc) is 3.91. The van der Waals surface area contributed by atoms with Crippen LogP contribution in [0.2, 0.25) is 0 Å². The second-order valence-electron chi connectivity index (χ2n) is 14.5. The molecule has 0 aliphatic heterocycles. The van der Waals surface area contributed by atoms with Crippen LogP contribution in [0.15, 0.2) is 199 Å². The molecule has 9 aromatic carbocycles. The van der Waals surface area contributed by atoms with Crippen LogP contribution in [0, 0.1) is 0 Å². The number of nitrogens with zero attached hydrogens (tertiary/aromatic N) is 2. The summed E-state index contributed by atoms with van der Waals surface area (Å²) in [6.45, 7) is 0. The number of aromatic nitrogens is 2. The zero-order valence-electron chi connectivity index (χ0n) is 29.8. The molecule has 12 aromatic rings. The molecule has 0 unspecified atom stereocenters. The largest absolute Gasteiger partial charge is 0.454 e. The molecule has 0 amide bonds. The van der Waals surface area contributed by atoms with Gasteiger partial charge in [-0.3, -0.25) is 0 Å². The van der Waals surface area contributed by atoms with Crippen LogP contribution in [0.3, 0.4) is 0 Å². The van der Waals surface area contributed by atoms with E-state index in [1.807, 2.05) is 6.07 Å². The Hall–Kier alpha value is -7.36. The van der Waals surface area contributed by atoms with E-state index in [1.165, 1.54) is 76.8 Å². The maximum atomic E-state index is 6.55. The van der Waals surface area contributed by atoms with Crippen molar-refractivity contribution in [3.63, 3.8) is 0 Å².